The third kappa shape index (κ3) is 1.07. The average Bonchev–Trinajstić information content (AvgIpc) is 2.38. The first kappa shape index (κ1) is 7.34. The number of hydrogen-bond acceptors (Lipinski definition) is 2. The first-order chi connectivity index (χ1) is 4.45. The summed E-state index contributed by atoms with van der Waals surface area (Å²) in [5.74, 6) is 0. The Morgan fingerprint density at radius 1 is 1.50 bits per heavy atom. The molecule has 1 fully saturated rings. The second kappa shape index (κ2) is 1.85. The maximum Gasteiger partial charge on any atom is 0.335 e. The predicted molar refractivity (Wildman–Crippen MR) is 38.1 cm³/mol. The molecule has 0 aromatic rings. The number of rotatable bonds is 0. The highest BCUT2D eigenvalue weighted by Crippen LogP contribution is 2.23. The number of carbonyl (C=O) groups is 1. The Morgan fingerprint density at radius 3 is 2.00 bits per heavy atom. The molecule has 1 rings (SSSR count). The van der Waals surface area contributed by atoms with E-state index in [1.807, 2.05) is 13.8 Å². The van der Waals surface area contributed by atoms with Crippen LogP contribution in [0.4, 0.5) is 4.79 Å². The predicted octanol–water partition coefficient (Wildman–Crippen LogP) is 0.224. The Balaban J connectivity index is 2.48. The molecule has 1 aliphatic heterocycles. The van der Waals surface area contributed by atoms with Crippen molar-refractivity contribution in [1.82, 2.24) is 15.3 Å². The minimum Gasteiger partial charge on any atom is -0.330 e. The molecule has 0 bridgehead atoms. The van der Waals surface area contributed by atoms with Crippen LogP contribution in [0.1, 0.15) is 13.8 Å². The molecule has 1 heterocycles. The standard InChI is InChI=1S/C6H13N3O/c1-6(2)7-9(6)5(10)8(3)4/h7H,1-4H3. The van der Waals surface area contributed by atoms with Crippen molar-refractivity contribution >= 4 is 6.03 Å². The minimum absolute atomic E-state index is 0.00463. The molecule has 1 aliphatic rings. The van der Waals surface area contributed by atoms with Gasteiger partial charge in [0, 0.05) is 14.1 Å². The van der Waals surface area contributed by atoms with Crippen LogP contribution in [0.2, 0.25) is 0 Å². The van der Waals surface area contributed by atoms with Crippen LogP contribution in [0.15, 0.2) is 0 Å². The zero-order valence-corrected chi connectivity index (χ0v) is 6.80. The lowest BCUT2D eigenvalue weighted by Crippen LogP contribution is -2.30. The summed E-state index contributed by atoms with van der Waals surface area (Å²) >= 11 is 0. The van der Waals surface area contributed by atoms with E-state index >= 15 is 0 Å². The van der Waals surface area contributed by atoms with Crippen molar-refractivity contribution in [1.29, 1.82) is 0 Å². The van der Waals surface area contributed by atoms with Crippen molar-refractivity contribution in [2.24, 2.45) is 0 Å². The summed E-state index contributed by atoms with van der Waals surface area (Å²) in [7, 11) is 3.47. The van der Waals surface area contributed by atoms with Gasteiger partial charge in [0.1, 0.15) is 5.66 Å². The normalized spacial score (nSPS) is 20.6. The fourth-order valence-electron chi connectivity index (χ4n) is 0.736. The molecule has 58 valence electrons. The maximum absolute atomic E-state index is 11.1. The summed E-state index contributed by atoms with van der Waals surface area (Å²) in [6.07, 6.45) is 0. The van der Waals surface area contributed by atoms with Gasteiger partial charge in [-0.2, -0.15) is 0 Å². The molecule has 0 atom stereocenters. The Hall–Kier alpha value is -0.770. The van der Waals surface area contributed by atoms with E-state index < -0.39 is 0 Å². The molecule has 0 spiro atoms. The van der Waals surface area contributed by atoms with Gasteiger partial charge in [0.05, 0.1) is 0 Å². The minimum atomic E-state index is -0.138. The van der Waals surface area contributed by atoms with Gasteiger partial charge in [-0.25, -0.2) is 15.2 Å². The number of nitrogens with zero attached hydrogens (tertiary/aromatic N) is 2. The molecular formula is C6H13N3O. The van der Waals surface area contributed by atoms with E-state index in [9.17, 15) is 4.79 Å². The Bertz CT molecular complexity index is 164. The fourth-order valence-corrected chi connectivity index (χ4v) is 0.736. The molecule has 0 aromatic heterocycles. The first-order valence-corrected chi connectivity index (χ1v) is 3.24. The fraction of sp³-hybridized carbons (Fsp3) is 0.833. The topological polar surface area (TPSA) is 45.3 Å². The van der Waals surface area contributed by atoms with Crippen LogP contribution in [-0.4, -0.2) is 35.7 Å². The van der Waals surface area contributed by atoms with Crippen LogP contribution in [0.5, 0.6) is 0 Å². The number of carbonyl (C=O) groups excluding carboxylic acids is 1. The summed E-state index contributed by atoms with van der Waals surface area (Å²) in [4.78, 5) is 12.7. The van der Waals surface area contributed by atoms with Gasteiger partial charge in [-0.3, -0.25) is 0 Å². The number of hydrogen-bond donors (Lipinski definition) is 1. The third-order valence-electron chi connectivity index (χ3n) is 1.47. The number of urea groups is 1. The quantitative estimate of drug-likeness (QED) is 0.493. The summed E-state index contributed by atoms with van der Waals surface area (Å²) < 4.78 is 0. The zero-order chi connectivity index (χ0) is 7.94. The highest BCUT2D eigenvalue weighted by molar-refractivity contribution is 5.76. The molecule has 1 saturated heterocycles. The van der Waals surface area contributed by atoms with Crippen molar-refractivity contribution in [2.45, 2.75) is 19.5 Å². The van der Waals surface area contributed by atoms with E-state index in [4.69, 9.17) is 0 Å². The summed E-state index contributed by atoms with van der Waals surface area (Å²) in [5.41, 5.74) is 2.79. The highest BCUT2D eigenvalue weighted by atomic mass is 16.2. The van der Waals surface area contributed by atoms with E-state index in [1.165, 1.54) is 0 Å². The van der Waals surface area contributed by atoms with Gasteiger partial charge in [-0.1, -0.05) is 0 Å². The van der Waals surface area contributed by atoms with Crippen molar-refractivity contribution in [3.63, 3.8) is 0 Å². The largest absolute Gasteiger partial charge is 0.335 e. The summed E-state index contributed by atoms with van der Waals surface area (Å²) in [6.45, 7) is 3.91. The highest BCUT2D eigenvalue weighted by Gasteiger charge is 2.47. The molecule has 0 aliphatic carbocycles. The van der Waals surface area contributed by atoms with Crippen LogP contribution in [0, 0.1) is 0 Å². The van der Waals surface area contributed by atoms with Crippen molar-refractivity contribution in [3.05, 3.63) is 0 Å². The number of amides is 2. The Morgan fingerprint density at radius 2 is 1.90 bits per heavy atom. The van der Waals surface area contributed by atoms with Crippen molar-refractivity contribution < 1.29 is 4.79 Å². The summed E-state index contributed by atoms with van der Waals surface area (Å²) in [5, 5.41) is 1.59. The van der Waals surface area contributed by atoms with Crippen LogP contribution >= 0.6 is 0 Å². The summed E-state index contributed by atoms with van der Waals surface area (Å²) in [6, 6.07) is 0.00463. The van der Waals surface area contributed by atoms with Gasteiger partial charge >= 0.3 is 6.03 Å². The molecule has 0 aromatic carbocycles. The third-order valence-corrected chi connectivity index (χ3v) is 1.47. The van der Waals surface area contributed by atoms with Gasteiger partial charge in [-0.15, -0.1) is 0 Å². The maximum atomic E-state index is 11.1. The van der Waals surface area contributed by atoms with E-state index in [0.29, 0.717) is 0 Å². The Kier molecular flexibility index (Phi) is 1.36. The second-order valence-corrected chi connectivity index (χ2v) is 3.18. The van der Waals surface area contributed by atoms with Gasteiger partial charge in [0.2, 0.25) is 0 Å². The van der Waals surface area contributed by atoms with E-state index in [1.54, 1.807) is 24.0 Å². The first-order valence-electron chi connectivity index (χ1n) is 3.24. The Labute approximate surface area is 60.8 Å². The number of hydrazine groups is 1. The van der Waals surface area contributed by atoms with E-state index in [2.05, 4.69) is 5.43 Å². The van der Waals surface area contributed by atoms with Crippen LogP contribution in [0.25, 0.3) is 0 Å². The van der Waals surface area contributed by atoms with Gasteiger partial charge in [0.25, 0.3) is 0 Å². The van der Waals surface area contributed by atoms with Gasteiger partial charge < -0.3 is 4.90 Å². The van der Waals surface area contributed by atoms with Crippen LogP contribution in [-0.2, 0) is 0 Å². The van der Waals surface area contributed by atoms with E-state index in [0.717, 1.165) is 0 Å². The molecular weight excluding hydrogens is 130 g/mol. The zero-order valence-electron chi connectivity index (χ0n) is 6.80. The average molecular weight is 143 g/mol. The number of nitrogens with one attached hydrogen (secondary N) is 1. The lowest BCUT2D eigenvalue weighted by atomic mass is 10.3. The molecule has 0 unspecified atom stereocenters. The molecule has 2 amide bonds. The van der Waals surface area contributed by atoms with Crippen molar-refractivity contribution in [3.8, 4) is 0 Å². The van der Waals surface area contributed by atoms with Gasteiger partial charge in [-0.05, 0) is 13.8 Å². The smallest absolute Gasteiger partial charge is 0.330 e. The molecule has 0 radical (unpaired) electrons. The lowest BCUT2D eigenvalue weighted by Gasteiger charge is -2.10. The van der Waals surface area contributed by atoms with Gasteiger partial charge in [0.15, 0.2) is 0 Å². The lowest BCUT2D eigenvalue weighted by molar-refractivity contribution is 0.195. The monoisotopic (exact) mass is 143 g/mol. The molecule has 1 N–H and O–H groups in total. The molecule has 0 saturated carbocycles. The van der Waals surface area contributed by atoms with Crippen molar-refractivity contribution in [2.75, 3.05) is 14.1 Å². The molecule has 4 nitrogen and oxygen atoms in total. The van der Waals surface area contributed by atoms with E-state index in [-0.39, 0.29) is 11.7 Å². The van der Waals surface area contributed by atoms with Crippen LogP contribution < -0.4 is 5.43 Å². The second-order valence-electron chi connectivity index (χ2n) is 3.18. The SMILES string of the molecule is CN(C)C(=O)N1NC1(C)C. The molecule has 4 heteroatoms. The van der Waals surface area contributed by atoms with Crippen LogP contribution in [0.3, 0.4) is 0 Å². The molecule has 10 heavy (non-hydrogen) atoms.